The number of para-hydroxylation sites is 3. The fourth-order valence-electron chi connectivity index (χ4n) is 6.47. The highest BCUT2D eigenvalue weighted by Gasteiger charge is 2.14. The maximum atomic E-state index is 5.03. The average Bonchev–Trinajstić information content (AvgIpc) is 3.54. The number of aryl methyl sites for hydroxylation is 2. The molecular weight excluding hydrogens is 585 g/mol. The fourth-order valence-corrected chi connectivity index (χ4v) is 6.47. The number of benzene rings is 6. The van der Waals surface area contributed by atoms with Crippen molar-refractivity contribution in [3.05, 3.63) is 169 Å². The highest BCUT2D eigenvalue weighted by molar-refractivity contribution is 5.84. The molecule has 230 valence electrons. The molecule has 2 aromatic heterocycles. The van der Waals surface area contributed by atoms with E-state index in [9.17, 15) is 0 Å². The average molecular weight is 619 g/mol. The Morgan fingerprint density at radius 2 is 0.938 bits per heavy atom. The van der Waals surface area contributed by atoms with Gasteiger partial charge in [0.2, 0.25) is 0 Å². The van der Waals surface area contributed by atoms with E-state index in [2.05, 4.69) is 156 Å². The Morgan fingerprint density at radius 1 is 0.417 bits per heavy atom. The van der Waals surface area contributed by atoms with Crippen molar-refractivity contribution in [3.8, 4) is 61.7 Å². The normalized spacial score (nSPS) is 11.2. The number of aromatic nitrogens is 4. The predicted octanol–water partition coefficient (Wildman–Crippen LogP) is 11.1. The van der Waals surface area contributed by atoms with Crippen LogP contribution in [0.5, 0.6) is 0 Å². The second kappa shape index (κ2) is 12.2. The Hall–Kier alpha value is -6.13. The van der Waals surface area contributed by atoms with E-state index in [-0.39, 0.29) is 0 Å². The molecule has 4 heteroatoms. The molecule has 0 saturated heterocycles. The lowest BCUT2D eigenvalue weighted by Gasteiger charge is -2.11. The van der Waals surface area contributed by atoms with Gasteiger partial charge < -0.3 is 0 Å². The number of nitrogens with zero attached hydrogens (tertiary/aromatic N) is 4. The quantitative estimate of drug-likeness (QED) is 0.186. The molecule has 8 aromatic rings. The van der Waals surface area contributed by atoms with Crippen LogP contribution < -0.4 is 0 Å². The van der Waals surface area contributed by atoms with Gasteiger partial charge in [0.05, 0.1) is 16.7 Å². The maximum absolute atomic E-state index is 5.03. The van der Waals surface area contributed by atoms with Gasteiger partial charge in [-0.15, -0.1) is 0 Å². The van der Waals surface area contributed by atoms with E-state index < -0.39 is 0 Å². The molecule has 2 heterocycles. The van der Waals surface area contributed by atoms with Gasteiger partial charge in [-0.3, -0.25) is 4.57 Å². The van der Waals surface area contributed by atoms with E-state index >= 15 is 0 Å². The van der Waals surface area contributed by atoms with Crippen LogP contribution in [0.4, 0.5) is 0 Å². The minimum absolute atomic E-state index is 0.800. The summed E-state index contributed by atoms with van der Waals surface area (Å²) in [4.78, 5) is 14.2. The van der Waals surface area contributed by atoms with Crippen LogP contribution in [0.25, 0.3) is 72.7 Å². The van der Waals surface area contributed by atoms with Crippen LogP contribution in [0.3, 0.4) is 0 Å². The van der Waals surface area contributed by atoms with Gasteiger partial charge in [-0.2, -0.15) is 0 Å². The molecule has 48 heavy (non-hydrogen) atoms. The minimum atomic E-state index is 0.800. The molecule has 0 atom stereocenters. The Labute approximate surface area is 281 Å². The van der Waals surface area contributed by atoms with Gasteiger partial charge in [-0.25, -0.2) is 15.0 Å². The SMILES string of the molecule is Cc1nc(C)c(C)c(-c2ccc(-c3ccc(-c4cccc(-c5ccc(-c6nc7ccccc7n6-c6ccccc6)cc5)c4)cc3)cc2)n1. The first-order valence-electron chi connectivity index (χ1n) is 16.3. The minimum Gasteiger partial charge on any atom is -0.292 e. The van der Waals surface area contributed by atoms with Crippen molar-refractivity contribution >= 4 is 11.0 Å². The number of hydrogen-bond donors (Lipinski definition) is 0. The summed E-state index contributed by atoms with van der Waals surface area (Å²) < 4.78 is 2.24. The molecule has 0 radical (unpaired) electrons. The van der Waals surface area contributed by atoms with E-state index in [1.807, 2.05) is 26.0 Å². The lowest BCUT2D eigenvalue weighted by Crippen LogP contribution is -1.98. The van der Waals surface area contributed by atoms with Crippen molar-refractivity contribution in [2.24, 2.45) is 0 Å². The summed E-state index contributed by atoms with van der Waals surface area (Å²) in [6, 6.07) is 53.8. The zero-order valence-electron chi connectivity index (χ0n) is 27.2. The van der Waals surface area contributed by atoms with Gasteiger partial charge in [-0.05, 0) is 90.0 Å². The van der Waals surface area contributed by atoms with E-state index in [4.69, 9.17) is 9.97 Å². The summed E-state index contributed by atoms with van der Waals surface area (Å²) in [6.07, 6.45) is 0. The molecule has 0 aliphatic rings. The molecule has 0 saturated carbocycles. The monoisotopic (exact) mass is 618 g/mol. The van der Waals surface area contributed by atoms with Crippen LogP contribution in [0.1, 0.15) is 17.1 Å². The zero-order chi connectivity index (χ0) is 32.6. The van der Waals surface area contributed by atoms with Crippen molar-refractivity contribution in [1.29, 1.82) is 0 Å². The van der Waals surface area contributed by atoms with Crippen LogP contribution >= 0.6 is 0 Å². The molecule has 4 nitrogen and oxygen atoms in total. The maximum Gasteiger partial charge on any atom is 0.145 e. The van der Waals surface area contributed by atoms with Gasteiger partial charge in [0, 0.05) is 22.5 Å². The number of hydrogen-bond acceptors (Lipinski definition) is 3. The first kappa shape index (κ1) is 29.3. The second-order valence-electron chi connectivity index (χ2n) is 12.2. The topological polar surface area (TPSA) is 43.6 Å². The van der Waals surface area contributed by atoms with Gasteiger partial charge in [-0.1, -0.05) is 121 Å². The molecule has 0 spiro atoms. The number of imidazole rings is 1. The Kier molecular flexibility index (Phi) is 7.46. The van der Waals surface area contributed by atoms with Crippen molar-refractivity contribution < 1.29 is 0 Å². The third-order valence-electron chi connectivity index (χ3n) is 9.13. The molecule has 0 aliphatic heterocycles. The molecule has 8 rings (SSSR count). The van der Waals surface area contributed by atoms with Gasteiger partial charge in [0.15, 0.2) is 0 Å². The van der Waals surface area contributed by atoms with Crippen molar-refractivity contribution in [3.63, 3.8) is 0 Å². The van der Waals surface area contributed by atoms with Crippen LogP contribution in [-0.4, -0.2) is 19.5 Å². The van der Waals surface area contributed by atoms with Gasteiger partial charge >= 0.3 is 0 Å². The molecule has 0 fully saturated rings. The summed E-state index contributed by atoms with van der Waals surface area (Å²) in [5, 5.41) is 0. The summed E-state index contributed by atoms with van der Waals surface area (Å²) in [6.45, 7) is 6.08. The van der Waals surface area contributed by atoms with Gasteiger partial charge in [0.25, 0.3) is 0 Å². The molecule has 0 aliphatic carbocycles. The highest BCUT2D eigenvalue weighted by atomic mass is 15.1. The summed E-state index contributed by atoms with van der Waals surface area (Å²) >= 11 is 0. The zero-order valence-corrected chi connectivity index (χ0v) is 27.2. The van der Waals surface area contributed by atoms with Crippen LogP contribution in [0, 0.1) is 20.8 Å². The van der Waals surface area contributed by atoms with Crippen molar-refractivity contribution in [1.82, 2.24) is 19.5 Å². The second-order valence-corrected chi connectivity index (χ2v) is 12.2. The van der Waals surface area contributed by atoms with E-state index in [1.54, 1.807) is 0 Å². The van der Waals surface area contributed by atoms with E-state index in [0.29, 0.717) is 0 Å². The Morgan fingerprint density at radius 3 is 1.56 bits per heavy atom. The van der Waals surface area contributed by atoms with E-state index in [1.165, 1.54) is 33.4 Å². The Bertz CT molecular complexity index is 2390. The third-order valence-corrected chi connectivity index (χ3v) is 9.13. The first-order valence-corrected chi connectivity index (χ1v) is 16.3. The van der Waals surface area contributed by atoms with Crippen LogP contribution in [-0.2, 0) is 0 Å². The third kappa shape index (κ3) is 5.48. The first-order chi connectivity index (χ1) is 23.5. The molecule has 0 N–H and O–H groups in total. The number of fused-ring (bicyclic) bond motifs is 1. The summed E-state index contributed by atoms with van der Waals surface area (Å²) in [5.41, 5.74) is 15.6. The smallest absolute Gasteiger partial charge is 0.145 e. The largest absolute Gasteiger partial charge is 0.292 e. The molecular formula is C44H34N4. The molecule has 0 bridgehead atoms. The summed E-state index contributed by atoms with van der Waals surface area (Å²) in [5.74, 6) is 1.74. The van der Waals surface area contributed by atoms with E-state index in [0.717, 1.165) is 56.4 Å². The predicted molar refractivity (Wildman–Crippen MR) is 198 cm³/mol. The highest BCUT2D eigenvalue weighted by Crippen LogP contribution is 2.33. The van der Waals surface area contributed by atoms with Crippen LogP contribution in [0.15, 0.2) is 152 Å². The fraction of sp³-hybridized carbons (Fsp3) is 0.0682. The summed E-state index contributed by atoms with van der Waals surface area (Å²) in [7, 11) is 0. The molecule has 0 amide bonds. The molecule has 0 unspecified atom stereocenters. The number of rotatable bonds is 6. The lowest BCUT2D eigenvalue weighted by atomic mass is 9.96. The van der Waals surface area contributed by atoms with Gasteiger partial charge in [0.1, 0.15) is 11.6 Å². The standard InChI is InChI=1S/C44H34N4/c1-29-30(2)45-31(3)46-43(29)36-24-20-33(21-25-36)32-16-18-34(19-17-32)38-10-9-11-39(28-38)35-22-26-37(27-23-35)44-47-41-14-7-8-15-42(41)48(44)40-12-5-4-6-13-40/h4-28H,1-3H3. The van der Waals surface area contributed by atoms with Crippen molar-refractivity contribution in [2.75, 3.05) is 0 Å². The lowest BCUT2D eigenvalue weighted by molar-refractivity contribution is 0.992. The molecule has 6 aromatic carbocycles. The van der Waals surface area contributed by atoms with Crippen molar-refractivity contribution in [2.45, 2.75) is 20.8 Å². The Balaban J connectivity index is 1.04. The van der Waals surface area contributed by atoms with Crippen LogP contribution in [0.2, 0.25) is 0 Å².